The predicted octanol–water partition coefficient (Wildman–Crippen LogP) is 0.0178. The first-order chi connectivity index (χ1) is 4.70. The van der Waals surface area contributed by atoms with Crippen LogP contribution in [0.1, 0.15) is 0 Å². The summed E-state index contributed by atoms with van der Waals surface area (Å²) in [4.78, 5) is 3.94. The van der Waals surface area contributed by atoms with Gasteiger partial charge in [-0.3, -0.25) is 0 Å². The van der Waals surface area contributed by atoms with Crippen molar-refractivity contribution in [3.63, 3.8) is 0 Å². The third-order valence-electron chi connectivity index (χ3n) is 1.19. The van der Waals surface area contributed by atoms with Crippen molar-refractivity contribution in [2.75, 3.05) is 18.2 Å². The third-order valence-corrected chi connectivity index (χ3v) is 2.82. The van der Waals surface area contributed by atoms with Crippen LogP contribution in [0.4, 0.5) is 0 Å². The van der Waals surface area contributed by atoms with E-state index < -0.39 is 5.72 Å². The Balaban J connectivity index is 2.61. The lowest BCUT2D eigenvalue weighted by Crippen LogP contribution is -2.28. The standard InChI is InChI=1S/C5H9ClN2OS/c6-2-5(9)3-10-4(1-7)8-5/h9H,1-3,7H2. The van der Waals surface area contributed by atoms with E-state index in [1.165, 1.54) is 11.8 Å². The molecule has 1 atom stereocenters. The molecular weight excluding hydrogens is 172 g/mol. The predicted molar refractivity (Wildman–Crippen MR) is 44.6 cm³/mol. The molecule has 0 spiro atoms. The number of aliphatic imine (C=N–C) groups is 1. The molecule has 0 aromatic rings. The van der Waals surface area contributed by atoms with Gasteiger partial charge in [0.1, 0.15) is 0 Å². The molecule has 1 unspecified atom stereocenters. The molecule has 5 heteroatoms. The van der Waals surface area contributed by atoms with Gasteiger partial charge in [-0.15, -0.1) is 23.4 Å². The summed E-state index contributed by atoms with van der Waals surface area (Å²) in [5, 5.41) is 10.2. The molecule has 1 rings (SSSR count). The molecule has 3 nitrogen and oxygen atoms in total. The van der Waals surface area contributed by atoms with Gasteiger partial charge in [0.2, 0.25) is 0 Å². The maximum Gasteiger partial charge on any atom is 0.179 e. The molecule has 0 bridgehead atoms. The van der Waals surface area contributed by atoms with Crippen LogP contribution in [0.15, 0.2) is 4.99 Å². The van der Waals surface area contributed by atoms with Crippen molar-refractivity contribution in [1.29, 1.82) is 0 Å². The van der Waals surface area contributed by atoms with Gasteiger partial charge in [-0.1, -0.05) is 0 Å². The van der Waals surface area contributed by atoms with E-state index in [1.807, 2.05) is 0 Å². The Morgan fingerprint density at radius 3 is 2.90 bits per heavy atom. The van der Waals surface area contributed by atoms with Crippen molar-refractivity contribution in [1.82, 2.24) is 0 Å². The van der Waals surface area contributed by atoms with Crippen molar-refractivity contribution < 1.29 is 5.11 Å². The van der Waals surface area contributed by atoms with E-state index in [0.29, 0.717) is 12.3 Å². The highest BCUT2D eigenvalue weighted by Crippen LogP contribution is 2.25. The number of nitrogens with zero attached hydrogens (tertiary/aromatic N) is 1. The van der Waals surface area contributed by atoms with Crippen LogP contribution in [0.2, 0.25) is 0 Å². The fourth-order valence-corrected chi connectivity index (χ4v) is 1.85. The lowest BCUT2D eigenvalue weighted by molar-refractivity contribution is 0.102. The molecule has 0 amide bonds. The van der Waals surface area contributed by atoms with Gasteiger partial charge in [-0.05, 0) is 0 Å². The molecule has 0 aliphatic carbocycles. The van der Waals surface area contributed by atoms with Gasteiger partial charge in [0, 0.05) is 6.54 Å². The summed E-state index contributed by atoms with van der Waals surface area (Å²) in [6.07, 6.45) is 0. The third kappa shape index (κ3) is 1.63. The first-order valence-electron chi connectivity index (χ1n) is 2.90. The van der Waals surface area contributed by atoms with Crippen molar-refractivity contribution >= 4 is 28.4 Å². The molecule has 0 fully saturated rings. The second-order valence-corrected chi connectivity index (χ2v) is 3.43. The number of alkyl halides is 1. The lowest BCUT2D eigenvalue weighted by atomic mass is 10.3. The first-order valence-corrected chi connectivity index (χ1v) is 4.42. The van der Waals surface area contributed by atoms with E-state index in [2.05, 4.69) is 4.99 Å². The average Bonchev–Trinajstić information content (AvgIpc) is 2.33. The smallest absolute Gasteiger partial charge is 0.179 e. The van der Waals surface area contributed by atoms with Gasteiger partial charge in [-0.25, -0.2) is 4.99 Å². The highest BCUT2D eigenvalue weighted by atomic mass is 35.5. The van der Waals surface area contributed by atoms with Crippen molar-refractivity contribution in [2.45, 2.75) is 5.72 Å². The fourth-order valence-electron chi connectivity index (χ4n) is 0.669. The zero-order valence-corrected chi connectivity index (χ0v) is 6.95. The van der Waals surface area contributed by atoms with Gasteiger partial charge >= 0.3 is 0 Å². The Morgan fingerprint density at radius 2 is 2.60 bits per heavy atom. The summed E-state index contributed by atoms with van der Waals surface area (Å²) in [6, 6.07) is 0. The summed E-state index contributed by atoms with van der Waals surface area (Å²) in [6.45, 7) is 0.393. The quantitative estimate of drug-likeness (QED) is 0.589. The Morgan fingerprint density at radius 1 is 1.90 bits per heavy atom. The van der Waals surface area contributed by atoms with E-state index in [-0.39, 0.29) is 5.88 Å². The fraction of sp³-hybridized carbons (Fsp3) is 0.800. The molecule has 10 heavy (non-hydrogen) atoms. The summed E-state index contributed by atoms with van der Waals surface area (Å²) in [7, 11) is 0. The van der Waals surface area contributed by atoms with E-state index in [1.54, 1.807) is 0 Å². The monoisotopic (exact) mass is 180 g/mol. The van der Waals surface area contributed by atoms with Gasteiger partial charge in [0.25, 0.3) is 0 Å². The Kier molecular flexibility index (Phi) is 2.57. The summed E-state index contributed by atoms with van der Waals surface area (Å²) in [5.74, 6) is 0.673. The number of nitrogens with two attached hydrogens (primary N) is 1. The maximum absolute atomic E-state index is 9.41. The van der Waals surface area contributed by atoms with E-state index in [0.717, 1.165) is 5.04 Å². The van der Waals surface area contributed by atoms with Crippen LogP contribution < -0.4 is 5.73 Å². The summed E-state index contributed by atoms with van der Waals surface area (Å²) >= 11 is 6.92. The van der Waals surface area contributed by atoms with Gasteiger partial charge in [-0.2, -0.15) is 0 Å². The van der Waals surface area contributed by atoms with Crippen LogP contribution in [-0.2, 0) is 0 Å². The van der Waals surface area contributed by atoms with Crippen LogP contribution in [0, 0.1) is 0 Å². The van der Waals surface area contributed by atoms with Gasteiger partial charge in [0.05, 0.1) is 16.7 Å². The van der Waals surface area contributed by atoms with E-state index in [9.17, 15) is 5.11 Å². The number of hydrogen-bond donors (Lipinski definition) is 2. The highest BCUT2D eigenvalue weighted by Gasteiger charge is 2.31. The largest absolute Gasteiger partial charge is 0.367 e. The average molecular weight is 181 g/mol. The normalized spacial score (nSPS) is 32.5. The summed E-state index contributed by atoms with van der Waals surface area (Å²) in [5.41, 5.74) is 4.25. The van der Waals surface area contributed by atoms with Gasteiger partial charge < -0.3 is 10.8 Å². The molecule has 3 N–H and O–H groups in total. The van der Waals surface area contributed by atoms with Crippen LogP contribution in [0.5, 0.6) is 0 Å². The molecule has 1 heterocycles. The lowest BCUT2D eigenvalue weighted by Gasteiger charge is -2.12. The number of hydrogen-bond acceptors (Lipinski definition) is 4. The van der Waals surface area contributed by atoms with Crippen LogP contribution >= 0.6 is 23.4 Å². The van der Waals surface area contributed by atoms with Crippen LogP contribution in [0.3, 0.4) is 0 Å². The SMILES string of the molecule is NCC1=NC(O)(CCl)CS1. The highest BCUT2D eigenvalue weighted by molar-refractivity contribution is 8.14. The topological polar surface area (TPSA) is 58.6 Å². The number of rotatable bonds is 2. The second-order valence-electron chi connectivity index (χ2n) is 2.11. The molecular formula is C5H9ClN2OS. The van der Waals surface area contributed by atoms with Crippen molar-refractivity contribution in [2.24, 2.45) is 10.7 Å². The molecule has 0 saturated heterocycles. The number of thioether (sulfide) groups is 1. The molecule has 58 valence electrons. The number of halogens is 1. The van der Waals surface area contributed by atoms with Crippen LogP contribution in [-0.4, -0.2) is 34.1 Å². The zero-order valence-electron chi connectivity index (χ0n) is 5.38. The Labute approximate surface area is 68.6 Å². The molecule has 0 saturated carbocycles. The van der Waals surface area contributed by atoms with Crippen LogP contribution in [0.25, 0.3) is 0 Å². The van der Waals surface area contributed by atoms with E-state index >= 15 is 0 Å². The van der Waals surface area contributed by atoms with Crippen molar-refractivity contribution in [3.8, 4) is 0 Å². The Hall–Kier alpha value is 0.230. The number of aliphatic hydroxyl groups is 1. The minimum absolute atomic E-state index is 0.142. The zero-order chi connectivity index (χ0) is 7.61. The second kappa shape index (κ2) is 3.09. The minimum Gasteiger partial charge on any atom is -0.367 e. The van der Waals surface area contributed by atoms with Gasteiger partial charge in [0.15, 0.2) is 5.72 Å². The van der Waals surface area contributed by atoms with Crippen molar-refractivity contribution in [3.05, 3.63) is 0 Å². The first kappa shape index (κ1) is 8.33. The molecule has 0 radical (unpaired) electrons. The maximum atomic E-state index is 9.41. The molecule has 0 aromatic heterocycles. The van der Waals surface area contributed by atoms with E-state index in [4.69, 9.17) is 17.3 Å². The summed E-state index contributed by atoms with van der Waals surface area (Å²) < 4.78 is 0. The molecule has 1 aliphatic heterocycles. The molecule has 1 aliphatic rings. The minimum atomic E-state index is -1.05. The molecule has 0 aromatic carbocycles. The Bertz CT molecular complexity index is 164.